The molecule has 13 heavy (non-hydrogen) atoms. The molecule has 0 rings (SSSR count). The predicted molar refractivity (Wildman–Crippen MR) is 50.4 cm³/mol. The molecular weight excluding hydrogens is 175 g/mol. The van der Waals surface area contributed by atoms with Gasteiger partial charge in [0.15, 0.2) is 0 Å². The fourth-order valence-corrected chi connectivity index (χ4v) is 1.34. The molecule has 0 radical (unpaired) electrons. The molecule has 0 saturated heterocycles. The number of quaternary nitrogens is 1. The Morgan fingerprint density at radius 3 is 1.08 bits per heavy atom. The molecule has 80 valence electrons. The van der Waals surface area contributed by atoms with Crippen LogP contribution in [0, 0.1) is 0 Å². The second kappa shape index (κ2) is 8.44. The normalized spacial score (nSPS) is 10.4. The lowest BCUT2D eigenvalue weighted by Crippen LogP contribution is -2.47. The Bertz CT molecular complexity index is 90.1. The van der Waals surface area contributed by atoms with Gasteiger partial charge in [-0.3, -0.25) is 0 Å². The standard InChI is InChI=1S/C8H20N.BF2O/c1-5-9(6-2,7-3)8-4;2-1(3)4/h5-8H2,1-4H3;/q+1;-1. The van der Waals surface area contributed by atoms with Gasteiger partial charge in [-0.25, -0.2) is 0 Å². The van der Waals surface area contributed by atoms with Crippen molar-refractivity contribution in [2.24, 2.45) is 0 Å². The zero-order chi connectivity index (χ0) is 10.9. The molecule has 0 amide bonds. The molecule has 0 saturated carbocycles. The lowest BCUT2D eigenvalue weighted by Gasteiger charge is -2.34. The number of hydrogen-bond donors (Lipinski definition) is 0. The first-order valence-electron chi connectivity index (χ1n) is 4.77. The van der Waals surface area contributed by atoms with Gasteiger partial charge < -0.3 is 18.1 Å². The molecule has 0 aromatic heterocycles. The third-order valence-corrected chi connectivity index (χ3v) is 2.68. The lowest BCUT2D eigenvalue weighted by atomic mass is 10.3. The van der Waals surface area contributed by atoms with Crippen molar-refractivity contribution in [3.05, 3.63) is 0 Å². The summed E-state index contributed by atoms with van der Waals surface area (Å²) < 4.78 is 20.8. The molecule has 0 N–H and O–H groups in total. The molecule has 0 aromatic carbocycles. The monoisotopic (exact) mass is 195 g/mol. The van der Waals surface area contributed by atoms with E-state index in [0.717, 1.165) is 0 Å². The van der Waals surface area contributed by atoms with Gasteiger partial charge in [-0.1, -0.05) is 0 Å². The minimum absolute atomic E-state index is 1.28. The van der Waals surface area contributed by atoms with Crippen molar-refractivity contribution in [3.8, 4) is 0 Å². The van der Waals surface area contributed by atoms with E-state index in [9.17, 15) is 8.63 Å². The van der Waals surface area contributed by atoms with Crippen LogP contribution in [0.2, 0.25) is 0 Å². The summed E-state index contributed by atoms with van der Waals surface area (Å²) in [5.74, 6) is 0. The fraction of sp³-hybridized carbons (Fsp3) is 1.00. The van der Waals surface area contributed by atoms with Gasteiger partial charge in [0, 0.05) is 0 Å². The summed E-state index contributed by atoms with van der Waals surface area (Å²) in [6, 6.07) is 0. The Morgan fingerprint density at radius 1 is 0.923 bits per heavy atom. The topological polar surface area (TPSA) is 23.1 Å². The van der Waals surface area contributed by atoms with Crippen LogP contribution in [0.15, 0.2) is 0 Å². The molecule has 0 spiro atoms. The first kappa shape index (κ1) is 15.3. The van der Waals surface area contributed by atoms with Crippen LogP contribution in [0.3, 0.4) is 0 Å². The van der Waals surface area contributed by atoms with Gasteiger partial charge in [-0.15, -0.1) is 0 Å². The molecular formula is C8H20BF2NO. The highest BCUT2D eigenvalue weighted by Crippen LogP contribution is 2.03. The van der Waals surface area contributed by atoms with Crippen molar-refractivity contribution < 1.29 is 18.1 Å². The summed E-state index contributed by atoms with van der Waals surface area (Å²) in [6.07, 6.45) is 0. The van der Waals surface area contributed by atoms with Crippen LogP contribution in [-0.2, 0) is 0 Å². The van der Waals surface area contributed by atoms with E-state index in [-0.39, 0.29) is 0 Å². The molecule has 0 heterocycles. The summed E-state index contributed by atoms with van der Waals surface area (Å²) in [4.78, 5) is 0. The maximum atomic E-state index is 9.78. The Kier molecular flexibility index (Phi) is 9.95. The fourth-order valence-electron chi connectivity index (χ4n) is 1.34. The van der Waals surface area contributed by atoms with Crippen LogP contribution < -0.4 is 5.02 Å². The second-order valence-corrected chi connectivity index (χ2v) is 2.87. The van der Waals surface area contributed by atoms with Crippen LogP contribution in [0.5, 0.6) is 0 Å². The Morgan fingerprint density at radius 2 is 1.08 bits per heavy atom. The molecule has 0 aliphatic heterocycles. The van der Waals surface area contributed by atoms with E-state index in [2.05, 4.69) is 27.7 Å². The zero-order valence-corrected chi connectivity index (χ0v) is 9.02. The average Bonchev–Trinajstić information content (AvgIpc) is 2.09. The highest BCUT2D eigenvalue weighted by atomic mass is 19.2. The van der Waals surface area contributed by atoms with Crippen molar-refractivity contribution in [3.63, 3.8) is 0 Å². The van der Waals surface area contributed by atoms with E-state index >= 15 is 0 Å². The molecule has 0 aliphatic rings. The molecule has 0 unspecified atom stereocenters. The van der Waals surface area contributed by atoms with Gasteiger partial charge in [0.2, 0.25) is 0 Å². The van der Waals surface area contributed by atoms with E-state index in [0.29, 0.717) is 0 Å². The van der Waals surface area contributed by atoms with Crippen molar-refractivity contribution in [1.29, 1.82) is 0 Å². The smallest absolute Gasteiger partial charge is 0.447 e. The number of halogens is 2. The predicted octanol–water partition coefficient (Wildman–Crippen LogP) is 1.15. The quantitative estimate of drug-likeness (QED) is 0.487. The van der Waals surface area contributed by atoms with E-state index in [4.69, 9.17) is 5.02 Å². The molecule has 0 fully saturated rings. The zero-order valence-electron chi connectivity index (χ0n) is 9.02. The van der Waals surface area contributed by atoms with Crippen molar-refractivity contribution in [2.75, 3.05) is 26.2 Å². The third-order valence-electron chi connectivity index (χ3n) is 2.68. The summed E-state index contributed by atoms with van der Waals surface area (Å²) in [7, 11) is -3.42. The van der Waals surface area contributed by atoms with E-state index < -0.39 is 7.47 Å². The van der Waals surface area contributed by atoms with Crippen molar-refractivity contribution >= 4 is 7.47 Å². The van der Waals surface area contributed by atoms with Gasteiger partial charge in [-0.2, -0.15) is 0 Å². The Balaban J connectivity index is 0. The third kappa shape index (κ3) is 8.18. The molecule has 5 heteroatoms. The number of nitrogens with zero attached hydrogens (tertiary/aromatic N) is 1. The van der Waals surface area contributed by atoms with Gasteiger partial charge in [0.05, 0.1) is 26.2 Å². The highest BCUT2D eigenvalue weighted by Gasteiger charge is 2.16. The summed E-state index contributed by atoms with van der Waals surface area (Å²) in [5.41, 5.74) is 0. The van der Waals surface area contributed by atoms with Crippen LogP contribution in [0.4, 0.5) is 8.63 Å². The average molecular weight is 195 g/mol. The second-order valence-electron chi connectivity index (χ2n) is 2.87. The number of rotatable bonds is 4. The van der Waals surface area contributed by atoms with Crippen LogP contribution in [0.25, 0.3) is 0 Å². The Hall–Kier alpha value is -0.155. The first-order chi connectivity index (χ1) is 5.97. The minimum atomic E-state index is -3.42. The van der Waals surface area contributed by atoms with Gasteiger partial charge in [0.25, 0.3) is 0 Å². The summed E-state index contributed by atoms with van der Waals surface area (Å²) in [6.45, 7) is 14.2. The maximum Gasteiger partial charge on any atom is 0.447 e. The molecule has 2 nitrogen and oxygen atoms in total. The molecule has 0 bridgehead atoms. The Labute approximate surface area is 80.4 Å². The van der Waals surface area contributed by atoms with Crippen LogP contribution >= 0.6 is 0 Å². The molecule has 0 aromatic rings. The van der Waals surface area contributed by atoms with Crippen molar-refractivity contribution in [2.45, 2.75) is 27.7 Å². The summed E-state index contributed by atoms with van der Waals surface area (Å²) in [5, 5.41) is 8.19. The largest absolute Gasteiger partial charge is 0.824 e. The molecule has 0 aliphatic carbocycles. The van der Waals surface area contributed by atoms with Gasteiger partial charge >= 0.3 is 7.47 Å². The van der Waals surface area contributed by atoms with E-state index in [1.165, 1.54) is 30.7 Å². The maximum absolute atomic E-state index is 9.78. The number of hydrogen-bond acceptors (Lipinski definition) is 1. The SMILES string of the molecule is CC[N+](CC)(CC)CC.[O-]B(F)F. The molecule has 0 atom stereocenters. The first-order valence-corrected chi connectivity index (χ1v) is 4.77. The van der Waals surface area contributed by atoms with Gasteiger partial charge in [0.1, 0.15) is 0 Å². The van der Waals surface area contributed by atoms with E-state index in [1.54, 1.807) is 0 Å². The van der Waals surface area contributed by atoms with E-state index in [1.807, 2.05) is 0 Å². The van der Waals surface area contributed by atoms with Crippen LogP contribution in [0.1, 0.15) is 27.7 Å². The lowest BCUT2D eigenvalue weighted by molar-refractivity contribution is -0.921. The highest BCUT2D eigenvalue weighted by molar-refractivity contribution is 6.30. The van der Waals surface area contributed by atoms with Crippen LogP contribution in [-0.4, -0.2) is 38.1 Å². The van der Waals surface area contributed by atoms with Crippen molar-refractivity contribution in [1.82, 2.24) is 0 Å². The summed E-state index contributed by atoms with van der Waals surface area (Å²) >= 11 is 0. The minimum Gasteiger partial charge on any atom is -0.824 e. The van der Waals surface area contributed by atoms with Gasteiger partial charge in [-0.05, 0) is 27.7 Å².